The number of nitrogens with one attached hydrogen (secondary N) is 1. The molecular weight excluding hydrogens is 398 g/mol. The van der Waals surface area contributed by atoms with Gasteiger partial charge in [0, 0.05) is 51.1 Å². The van der Waals surface area contributed by atoms with Crippen LogP contribution in [0.5, 0.6) is 0 Å². The largest absolute Gasteiger partial charge is 0.377 e. The molecule has 1 unspecified atom stereocenters. The van der Waals surface area contributed by atoms with Crippen LogP contribution in [0.25, 0.3) is 0 Å². The van der Waals surface area contributed by atoms with Crippen molar-refractivity contribution in [2.24, 2.45) is 5.92 Å². The number of anilines is 2. The van der Waals surface area contributed by atoms with E-state index < -0.39 is 0 Å². The summed E-state index contributed by atoms with van der Waals surface area (Å²) >= 11 is 1.41. The van der Waals surface area contributed by atoms with Crippen LogP contribution in [0.1, 0.15) is 41.9 Å². The van der Waals surface area contributed by atoms with Gasteiger partial charge in [-0.1, -0.05) is 19.9 Å². The van der Waals surface area contributed by atoms with E-state index in [1.165, 1.54) is 11.3 Å². The van der Waals surface area contributed by atoms with Crippen LogP contribution in [-0.4, -0.2) is 50.1 Å². The van der Waals surface area contributed by atoms with Crippen molar-refractivity contribution in [2.45, 2.75) is 39.3 Å². The topological polar surface area (TPSA) is 61.9 Å². The summed E-state index contributed by atoms with van der Waals surface area (Å²) in [6.07, 6.45) is 2.12. The molecule has 30 heavy (non-hydrogen) atoms. The van der Waals surface area contributed by atoms with Gasteiger partial charge in [0.1, 0.15) is 0 Å². The first-order chi connectivity index (χ1) is 14.3. The predicted molar refractivity (Wildman–Crippen MR) is 122 cm³/mol. The maximum absolute atomic E-state index is 12.9. The molecule has 0 radical (unpaired) electrons. The van der Waals surface area contributed by atoms with Crippen LogP contribution in [-0.2, 0) is 16.1 Å². The molecule has 2 aromatic rings. The number of carbonyl (C=O) groups is 2. The van der Waals surface area contributed by atoms with Gasteiger partial charge in [-0.05, 0) is 48.1 Å². The maximum Gasteiger partial charge on any atom is 0.265 e. The van der Waals surface area contributed by atoms with Gasteiger partial charge in [-0.3, -0.25) is 9.59 Å². The molecule has 1 aromatic heterocycles. The number of thiophene rings is 1. The number of carbonyl (C=O) groups excluding carboxylic acids is 2. The lowest BCUT2D eigenvalue weighted by molar-refractivity contribution is -0.136. The Balaban J connectivity index is 1.84. The summed E-state index contributed by atoms with van der Waals surface area (Å²) in [7, 11) is 3.97. The minimum Gasteiger partial charge on any atom is -0.377 e. The number of hydrogen-bond donors (Lipinski definition) is 1. The molecule has 2 amide bonds. The Morgan fingerprint density at radius 3 is 2.67 bits per heavy atom. The standard InChI is InChI=1S/C23H31N3O3S/c1-16(2)23(28)26(15-19-7-5-11-29-19)14-17-13-18(9-10-20(17)25(3)4)24-22(27)21-8-6-12-30-21/h6,8-10,12-13,16,19H,5,7,11,14-15H2,1-4H3,(H,24,27). The quantitative estimate of drug-likeness (QED) is 0.682. The first-order valence-electron chi connectivity index (χ1n) is 10.4. The third kappa shape index (κ3) is 5.61. The van der Waals surface area contributed by atoms with E-state index >= 15 is 0 Å². The monoisotopic (exact) mass is 429 g/mol. The smallest absolute Gasteiger partial charge is 0.265 e. The highest BCUT2D eigenvalue weighted by Gasteiger charge is 2.25. The van der Waals surface area contributed by atoms with E-state index in [2.05, 4.69) is 5.32 Å². The van der Waals surface area contributed by atoms with Crippen LogP contribution in [0.3, 0.4) is 0 Å². The lowest BCUT2D eigenvalue weighted by Gasteiger charge is -2.29. The molecule has 1 aliphatic heterocycles. The molecule has 3 rings (SSSR count). The van der Waals surface area contributed by atoms with Crippen molar-refractivity contribution in [1.82, 2.24) is 4.90 Å². The Labute approximate surface area is 182 Å². The Morgan fingerprint density at radius 1 is 1.27 bits per heavy atom. The molecule has 2 heterocycles. The van der Waals surface area contributed by atoms with E-state index in [1.54, 1.807) is 6.07 Å². The van der Waals surface area contributed by atoms with Gasteiger partial charge in [-0.15, -0.1) is 11.3 Å². The summed E-state index contributed by atoms with van der Waals surface area (Å²) in [4.78, 5) is 30.0. The molecule has 1 aliphatic rings. The van der Waals surface area contributed by atoms with Crippen molar-refractivity contribution >= 4 is 34.5 Å². The van der Waals surface area contributed by atoms with Gasteiger partial charge in [0.2, 0.25) is 5.91 Å². The van der Waals surface area contributed by atoms with E-state index in [1.807, 2.05) is 67.4 Å². The fourth-order valence-electron chi connectivity index (χ4n) is 3.66. The highest BCUT2D eigenvalue weighted by atomic mass is 32.1. The molecule has 0 saturated carbocycles. The molecular formula is C23H31N3O3S. The van der Waals surface area contributed by atoms with Crippen LogP contribution in [0.4, 0.5) is 11.4 Å². The van der Waals surface area contributed by atoms with E-state index in [-0.39, 0.29) is 23.8 Å². The minimum atomic E-state index is -0.122. The Morgan fingerprint density at radius 2 is 2.07 bits per heavy atom. The van der Waals surface area contributed by atoms with Gasteiger partial charge in [0.05, 0.1) is 11.0 Å². The zero-order valence-corrected chi connectivity index (χ0v) is 19.0. The molecule has 6 nitrogen and oxygen atoms in total. The van der Waals surface area contributed by atoms with E-state index in [0.29, 0.717) is 18.0 Å². The number of benzene rings is 1. The summed E-state index contributed by atoms with van der Waals surface area (Å²) < 4.78 is 5.79. The van der Waals surface area contributed by atoms with Crippen LogP contribution in [0, 0.1) is 5.92 Å². The second-order valence-corrected chi connectivity index (χ2v) is 9.13. The number of hydrogen-bond acceptors (Lipinski definition) is 5. The molecule has 1 N–H and O–H groups in total. The number of nitrogens with zero attached hydrogens (tertiary/aromatic N) is 2. The lowest BCUT2D eigenvalue weighted by Crippen LogP contribution is -2.39. The van der Waals surface area contributed by atoms with E-state index in [4.69, 9.17) is 4.74 Å². The summed E-state index contributed by atoms with van der Waals surface area (Å²) in [5.41, 5.74) is 2.75. The maximum atomic E-state index is 12.9. The van der Waals surface area contributed by atoms with Gasteiger partial charge >= 0.3 is 0 Å². The van der Waals surface area contributed by atoms with E-state index in [0.717, 1.165) is 36.4 Å². The van der Waals surface area contributed by atoms with Crippen molar-refractivity contribution in [3.63, 3.8) is 0 Å². The highest BCUT2D eigenvalue weighted by Crippen LogP contribution is 2.26. The van der Waals surface area contributed by atoms with Crippen molar-refractivity contribution in [3.05, 3.63) is 46.2 Å². The molecule has 1 aromatic carbocycles. The average molecular weight is 430 g/mol. The van der Waals surface area contributed by atoms with Gasteiger partial charge in [0.15, 0.2) is 0 Å². The van der Waals surface area contributed by atoms with Gasteiger partial charge in [0.25, 0.3) is 5.91 Å². The van der Waals surface area contributed by atoms with Gasteiger partial charge in [-0.25, -0.2) is 0 Å². The molecule has 1 atom stereocenters. The minimum absolute atomic E-state index is 0.0871. The molecule has 0 spiro atoms. The molecule has 0 aliphatic carbocycles. The Kier molecular flexibility index (Phi) is 7.50. The average Bonchev–Trinajstić information content (AvgIpc) is 3.41. The zero-order valence-electron chi connectivity index (χ0n) is 18.2. The van der Waals surface area contributed by atoms with E-state index in [9.17, 15) is 9.59 Å². The predicted octanol–water partition coefficient (Wildman–Crippen LogP) is 4.23. The fourth-order valence-corrected chi connectivity index (χ4v) is 4.28. The van der Waals surface area contributed by atoms with Crippen molar-refractivity contribution in [3.8, 4) is 0 Å². The number of amides is 2. The van der Waals surface area contributed by atoms with Gasteiger partial charge < -0.3 is 19.9 Å². The van der Waals surface area contributed by atoms with Crippen LogP contribution < -0.4 is 10.2 Å². The van der Waals surface area contributed by atoms with Crippen LogP contribution in [0.2, 0.25) is 0 Å². The van der Waals surface area contributed by atoms with Gasteiger partial charge in [-0.2, -0.15) is 0 Å². The molecule has 162 valence electrons. The first kappa shape index (κ1) is 22.3. The van der Waals surface area contributed by atoms with Crippen LogP contribution in [0.15, 0.2) is 35.7 Å². The zero-order chi connectivity index (χ0) is 21.7. The lowest BCUT2D eigenvalue weighted by atomic mass is 10.1. The second kappa shape index (κ2) is 10.1. The third-order valence-corrected chi connectivity index (χ3v) is 6.05. The van der Waals surface area contributed by atoms with Crippen molar-refractivity contribution < 1.29 is 14.3 Å². The second-order valence-electron chi connectivity index (χ2n) is 8.18. The molecule has 1 fully saturated rings. The summed E-state index contributed by atoms with van der Waals surface area (Å²) in [5.74, 6) is -0.0952. The highest BCUT2D eigenvalue weighted by molar-refractivity contribution is 7.12. The fraction of sp³-hybridized carbons (Fsp3) is 0.478. The SMILES string of the molecule is CC(C)C(=O)N(Cc1cc(NC(=O)c2cccs2)ccc1N(C)C)CC1CCCO1. The number of ether oxygens (including phenoxy) is 1. The summed E-state index contributed by atoms with van der Waals surface area (Å²) in [6, 6.07) is 9.53. The Hall–Kier alpha value is -2.38. The molecule has 0 bridgehead atoms. The number of rotatable bonds is 8. The Bertz CT molecular complexity index is 859. The van der Waals surface area contributed by atoms with Crippen molar-refractivity contribution in [2.75, 3.05) is 37.5 Å². The first-order valence-corrected chi connectivity index (χ1v) is 11.3. The summed E-state index contributed by atoms with van der Waals surface area (Å²) in [6.45, 7) is 5.69. The molecule has 1 saturated heterocycles. The third-order valence-electron chi connectivity index (χ3n) is 5.18. The van der Waals surface area contributed by atoms with Crippen LogP contribution >= 0.6 is 11.3 Å². The summed E-state index contributed by atoms with van der Waals surface area (Å²) in [5, 5.41) is 4.86. The molecule has 7 heteroatoms. The van der Waals surface area contributed by atoms with Crippen molar-refractivity contribution in [1.29, 1.82) is 0 Å². The normalized spacial score (nSPS) is 16.0.